The highest BCUT2D eigenvalue weighted by Gasteiger charge is 2.35. The lowest BCUT2D eigenvalue weighted by Crippen LogP contribution is -2.42. The molecule has 0 aromatic heterocycles. The van der Waals surface area contributed by atoms with E-state index in [-0.39, 0.29) is 12.4 Å². The number of halogens is 1. The van der Waals surface area contributed by atoms with Crippen molar-refractivity contribution in [3.8, 4) is 0 Å². The lowest BCUT2D eigenvalue weighted by Gasteiger charge is -2.09. The molecule has 0 radical (unpaired) electrons. The molecule has 5 nitrogen and oxygen atoms in total. The predicted octanol–water partition coefficient (Wildman–Crippen LogP) is 0.567. The van der Waals surface area contributed by atoms with E-state index in [2.05, 4.69) is 0 Å². The molecular weight excluding hydrogens is 263 g/mol. The monoisotopic (exact) mass is 277 g/mol. The van der Waals surface area contributed by atoms with Crippen LogP contribution < -0.4 is 11.5 Å². The van der Waals surface area contributed by atoms with Crippen LogP contribution in [-0.2, 0) is 15.8 Å². The van der Waals surface area contributed by atoms with Gasteiger partial charge in [0.1, 0.15) is 0 Å². The fourth-order valence-corrected chi connectivity index (χ4v) is 1.71. The molecule has 3 atom stereocenters. The van der Waals surface area contributed by atoms with Gasteiger partial charge in [-0.2, -0.15) is 4.89 Å². The molecule has 1 aromatic carbocycles. The van der Waals surface area contributed by atoms with Gasteiger partial charge in [-0.05, 0) is 16.5 Å². The summed E-state index contributed by atoms with van der Waals surface area (Å²) in [5.74, 6) is -1.99. The molecule has 0 spiro atoms. The van der Waals surface area contributed by atoms with Gasteiger partial charge in [0.15, 0.2) is 0 Å². The maximum absolute atomic E-state index is 11.5. The van der Waals surface area contributed by atoms with Crippen molar-refractivity contribution in [1.29, 1.82) is 0 Å². The summed E-state index contributed by atoms with van der Waals surface area (Å²) in [4.78, 5) is 20.2. The van der Waals surface area contributed by atoms with E-state index in [1.165, 1.54) is 0 Å². The zero-order valence-electron chi connectivity index (χ0n) is 9.02. The van der Waals surface area contributed by atoms with E-state index in [1.54, 1.807) is 0 Å². The average Bonchev–Trinajstić information content (AvgIpc) is 2.28. The highest BCUT2D eigenvalue weighted by Crippen LogP contribution is 2.19. The first-order valence-electron chi connectivity index (χ1n) is 4.76. The normalized spacial score (nSPS) is 14.4. The zero-order chi connectivity index (χ0) is 12.1. The van der Waals surface area contributed by atoms with Crippen LogP contribution >= 0.6 is 20.4 Å². The first-order chi connectivity index (χ1) is 7.52. The van der Waals surface area contributed by atoms with Gasteiger partial charge in [-0.3, -0.25) is 10.5 Å². The summed E-state index contributed by atoms with van der Waals surface area (Å²) in [5.41, 5.74) is 11.8. The maximum Gasteiger partial charge on any atom is 0.532 e. The van der Waals surface area contributed by atoms with Crippen LogP contribution in [-0.4, -0.2) is 22.5 Å². The highest BCUT2D eigenvalue weighted by atomic mass is 35.5. The Kier molecular flexibility index (Phi) is 7.11. The van der Waals surface area contributed by atoms with Crippen molar-refractivity contribution in [3.63, 3.8) is 0 Å². The number of benzene rings is 1. The molecule has 0 bridgehead atoms. The fourth-order valence-electron chi connectivity index (χ4n) is 1.30. The maximum atomic E-state index is 11.5. The van der Waals surface area contributed by atoms with Crippen molar-refractivity contribution in [1.82, 2.24) is 0 Å². The quantitative estimate of drug-likeness (QED) is 0.682. The Morgan fingerprint density at radius 1 is 1.29 bits per heavy atom. The van der Waals surface area contributed by atoms with Gasteiger partial charge in [-0.15, -0.1) is 12.4 Å². The Morgan fingerprint density at radius 3 is 2.29 bits per heavy atom. The van der Waals surface area contributed by atoms with E-state index in [4.69, 9.17) is 16.4 Å². The average molecular weight is 278 g/mol. The molecule has 0 saturated heterocycles. The van der Waals surface area contributed by atoms with Crippen LogP contribution in [0.5, 0.6) is 0 Å². The van der Waals surface area contributed by atoms with Gasteiger partial charge in [-0.25, -0.2) is 0 Å². The lowest BCUT2D eigenvalue weighted by molar-refractivity contribution is -0.119. The molecule has 0 aliphatic carbocycles. The van der Waals surface area contributed by atoms with Crippen LogP contribution in [0.2, 0.25) is 0 Å². The molecule has 0 fully saturated rings. The summed E-state index contributed by atoms with van der Waals surface area (Å²) in [6.07, 6.45) is 0.316. The molecule has 1 rings (SSSR count). The molecule has 1 aromatic rings. The summed E-state index contributed by atoms with van der Waals surface area (Å²) < 4.78 is 10.6. The van der Waals surface area contributed by atoms with Gasteiger partial charge < -0.3 is 5.73 Å². The van der Waals surface area contributed by atoms with E-state index in [0.717, 1.165) is 5.56 Å². The molecule has 0 saturated carbocycles. The highest BCUT2D eigenvalue weighted by molar-refractivity contribution is 7.40. The van der Waals surface area contributed by atoms with Gasteiger partial charge in [-0.1, -0.05) is 30.3 Å². The Balaban J connectivity index is 0.00000256. The molecule has 7 heteroatoms. The summed E-state index contributed by atoms with van der Waals surface area (Å²) in [6.45, 7) is 0. The third-order valence-electron chi connectivity index (χ3n) is 2.19. The number of ketones is 1. The second kappa shape index (κ2) is 7.48. The molecule has 2 unspecified atom stereocenters. The van der Waals surface area contributed by atoms with Crippen LogP contribution in [0.3, 0.4) is 0 Å². The third-order valence-corrected chi connectivity index (χ3v) is 2.92. The smallest absolute Gasteiger partial charge is 0.321 e. The first-order valence-corrected chi connectivity index (χ1v) is 6.04. The largest absolute Gasteiger partial charge is 0.532 e. The number of nitrogens with two attached hydrogens (primary N) is 2. The number of hydrogen-bond donors (Lipinski definition) is 3. The van der Waals surface area contributed by atoms with Gasteiger partial charge >= 0.3 is 8.03 Å². The number of carbonyl (C=O) groups excluding carboxylic acids is 1. The Hall–Kier alpha value is -0.840. The van der Waals surface area contributed by atoms with Crippen LogP contribution in [0, 0.1) is 0 Å². The van der Waals surface area contributed by atoms with Gasteiger partial charge in [0.2, 0.25) is 5.78 Å². The molecule has 0 aliphatic rings. The minimum Gasteiger partial charge on any atom is -0.321 e. The number of Topliss-reactive ketones (excluding diaryl/α,β-unsaturated/α-hetero) is 1. The van der Waals surface area contributed by atoms with Gasteiger partial charge in [0.25, 0.3) is 5.78 Å². The topological polar surface area (TPSA) is 106 Å². The van der Waals surface area contributed by atoms with E-state index in [9.17, 15) is 9.36 Å². The molecule has 94 valence electrons. The summed E-state index contributed by atoms with van der Waals surface area (Å²) >= 11 is 0. The Bertz CT molecular complexity index is 388. The molecule has 0 aliphatic heterocycles. The van der Waals surface area contributed by atoms with Crippen LogP contribution in [0.1, 0.15) is 5.56 Å². The van der Waals surface area contributed by atoms with Crippen LogP contribution in [0.4, 0.5) is 0 Å². The summed E-state index contributed by atoms with van der Waals surface area (Å²) in [7, 11) is -2.71. The first kappa shape index (κ1) is 16.2. The number of hydrogen-bond acceptors (Lipinski definition) is 4. The SMILES string of the molecule is Cl.NC(C(=O)[C@@H](N)Cc1ccccc1)[P+](=O)O. The van der Waals surface area contributed by atoms with Crippen molar-refractivity contribution < 1.29 is 14.3 Å². The summed E-state index contributed by atoms with van der Waals surface area (Å²) in [5, 5.41) is 0. The van der Waals surface area contributed by atoms with Crippen molar-refractivity contribution in [2.24, 2.45) is 11.5 Å². The minimum absolute atomic E-state index is 0. The van der Waals surface area contributed by atoms with Gasteiger partial charge in [0.05, 0.1) is 6.04 Å². The Morgan fingerprint density at radius 2 is 1.82 bits per heavy atom. The van der Waals surface area contributed by atoms with Crippen molar-refractivity contribution in [2.75, 3.05) is 0 Å². The summed E-state index contributed by atoms with van der Waals surface area (Å²) in [6, 6.07) is 8.34. The molecular formula is C10H15ClN2O3P+. The molecule has 0 heterocycles. The fraction of sp³-hybridized carbons (Fsp3) is 0.300. The van der Waals surface area contributed by atoms with E-state index in [1.807, 2.05) is 30.3 Å². The van der Waals surface area contributed by atoms with E-state index in [0.29, 0.717) is 6.42 Å². The Labute approximate surface area is 106 Å². The van der Waals surface area contributed by atoms with Gasteiger partial charge in [0, 0.05) is 0 Å². The zero-order valence-corrected chi connectivity index (χ0v) is 10.7. The molecule has 17 heavy (non-hydrogen) atoms. The van der Waals surface area contributed by atoms with E-state index < -0.39 is 25.6 Å². The number of rotatable bonds is 5. The van der Waals surface area contributed by atoms with E-state index >= 15 is 0 Å². The van der Waals surface area contributed by atoms with Crippen LogP contribution in [0.25, 0.3) is 0 Å². The second-order valence-electron chi connectivity index (χ2n) is 3.45. The second-order valence-corrected chi connectivity index (χ2v) is 4.61. The molecule has 5 N–H and O–H groups in total. The molecule has 0 amide bonds. The van der Waals surface area contributed by atoms with Crippen molar-refractivity contribution in [2.45, 2.75) is 18.2 Å². The lowest BCUT2D eigenvalue weighted by atomic mass is 10.0. The third kappa shape index (κ3) is 4.89. The minimum atomic E-state index is -2.71. The van der Waals surface area contributed by atoms with Crippen molar-refractivity contribution >= 4 is 26.2 Å². The van der Waals surface area contributed by atoms with Crippen LogP contribution in [0.15, 0.2) is 30.3 Å². The van der Waals surface area contributed by atoms with Crippen molar-refractivity contribution in [3.05, 3.63) is 35.9 Å². The standard InChI is InChI=1S/C10H13N2O3P.ClH/c11-8(9(13)10(12)16(14)15)6-7-4-2-1-3-5-7;/h1-5,8,10H,6,11-12H2;1H/p+1/t8-,10?;/m0./s1. The number of carbonyl (C=O) groups is 1. The predicted molar refractivity (Wildman–Crippen MR) is 68.2 cm³/mol.